The van der Waals surface area contributed by atoms with Crippen LogP contribution in [0, 0.1) is 0 Å². The lowest BCUT2D eigenvalue weighted by molar-refractivity contribution is 0.0218. The van der Waals surface area contributed by atoms with E-state index in [2.05, 4.69) is 61.7 Å². The number of amides is 1. The molecule has 4 aromatic rings. The normalized spacial score (nSPS) is 20.2. The molecule has 10 heteroatoms. The molecule has 41 heavy (non-hydrogen) atoms. The summed E-state index contributed by atoms with van der Waals surface area (Å²) in [4.78, 5) is 36.0. The maximum absolute atomic E-state index is 12.8. The first-order valence-electron chi connectivity index (χ1n) is 14.3. The third-order valence-electron chi connectivity index (χ3n) is 7.73. The van der Waals surface area contributed by atoms with Crippen LogP contribution < -0.4 is 5.32 Å². The van der Waals surface area contributed by atoms with E-state index in [4.69, 9.17) is 4.74 Å². The van der Waals surface area contributed by atoms with Crippen molar-refractivity contribution >= 4 is 29.6 Å². The third kappa shape index (κ3) is 5.40. The minimum atomic E-state index is -0.521. The Labute approximate surface area is 248 Å². The second kappa shape index (κ2) is 10.6. The monoisotopic (exact) mass is 586 g/mol. The van der Waals surface area contributed by atoms with Gasteiger partial charge < -0.3 is 20.0 Å². The van der Waals surface area contributed by atoms with E-state index in [1.165, 1.54) is 26.0 Å². The minimum absolute atomic E-state index is 0.0948. The molecule has 0 unspecified atom stereocenters. The third-order valence-corrected chi connectivity index (χ3v) is 10.3. The summed E-state index contributed by atoms with van der Waals surface area (Å²) in [5.74, 6) is 1.84. The smallest absolute Gasteiger partial charge is 0.410 e. The molecule has 212 valence electrons. The Morgan fingerprint density at radius 2 is 1.51 bits per heavy atom. The first kappa shape index (κ1) is 26.7. The van der Waals surface area contributed by atoms with Crippen molar-refractivity contribution in [2.24, 2.45) is 0 Å². The summed E-state index contributed by atoms with van der Waals surface area (Å²) in [7, 11) is 0. The van der Waals surface area contributed by atoms with E-state index in [1.807, 2.05) is 44.9 Å². The molecule has 3 N–H and O–H groups in total. The molecule has 8 nitrogen and oxygen atoms in total. The molecule has 0 spiro atoms. The maximum Gasteiger partial charge on any atom is 0.410 e. The lowest BCUT2D eigenvalue weighted by Crippen LogP contribution is -2.36. The summed E-state index contributed by atoms with van der Waals surface area (Å²) in [6.45, 7) is 7.43. The minimum Gasteiger partial charge on any atom is -0.444 e. The fraction of sp³-hybridized carbons (Fsp3) is 0.387. The standard InChI is InChI=1S/C31H34N6O2S2/c1-31(2,3)39-30(38)37-13-5-7-23(37)29-34-17-22(36-29)19-9-11-25-27(15-19)41-24-10-8-18(14-26(24)40-25)21-16-33-28(35-21)20-6-4-12-32-20/h8-11,14-17,20,23,32H,4-7,12-13H2,1-3H3,(H,33,35)(H,34,36)/t20-,23-/m0/s1. The van der Waals surface area contributed by atoms with Crippen molar-refractivity contribution in [3.63, 3.8) is 0 Å². The molecule has 2 atom stereocenters. The Bertz CT molecular complexity index is 1600. The van der Waals surface area contributed by atoms with E-state index in [1.54, 1.807) is 16.7 Å². The number of carbonyl (C=O) groups is 1. The number of fused-ring (bicyclic) bond motifs is 2. The van der Waals surface area contributed by atoms with Crippen LogP contribution in [-0.2, 0) is 4.74 Å². The van der Waals surface area contributed by atoms with Crippen LogP contribution in [-0.4, -0.2) is 49.6 Å². The maximum atomic E-state index is 12.8. The fourth-order valence-electron chi connectivity index (χ4n) is 5.74. The molecule has 7 rings (SSSR count). The summed E-state index contributed by atoms with van der Waals surface area (Å²) in [6, 6.07) is 13.5. The summed E-state index contributed by atoms with van der Waals surface area (Å²) in [6.07, 6.45) is 7.70. The van der Waals surface area contributed by atoms with E-state index in [-0.39, 0.29) is 12.1 Å². The number of hydrogen-bond donors (Lipinski definition) is 3. The Balaban J connectivity index is 1.08. The highest BCUT2D eigenvalue weighted by molar-refractivity contribution is 8.05. The largest absolute Gasteiger partial charge is 0.444 e. The molecule has 0 aliphatic carbocycles. The molecule has 2 aromatic heterocycles. The number of likely N-dealkylation sites (tertiary alicyclic amines) is 1. The number of ether oxygens (including phenoxy) is 1. The quantitative estimate of drug-likeness (QED) is 0.200. The van der Waals surface area contributed by atoms with Crippen LogP contribution in [0.3, 0.4) is 0 Å². The van der Waals surface area contributed by atoms with E-state index in [9.17, 15) is 4.79 Å². The van der Waals surface area contributed by atoms with E-state index >= 15 is 0 Å². The van der Waals surface area contributed by atoms with Gasteiger partial charge in [0.15, 0.2) is 0 Å². The van der Waals surface area contributed by atoms with Crippen LogP contribution in [0.1, 0.15) is 70.2 Å². The number of benzene rings is 2. The average molecular weight is 587 g/mol. The zero-order chi connectivity index (χ0) is 28.1. The van der Waals surface area contributed by atoms with Crippen LogP contribution in [0.25, 0.3) is 22.5 Å². The summed E-state index contributed by atoms with van der Waals surface area (Å²) in [5.41, 5.74) is 3.74. The molecule has 1 amide bonds. The average Bonchev–Trinajstić information content (AvgIpc) is 3.76. The first-order valence-corrected chi connectivity index (χ1v) is 15.9. The summed E-state index contributed by atoms with van der Waals surface area (Å²) < 4.78 is 5.64. The van der Waals surface area contributed by atoms with Crippen molar-refractivity contribution < 1.29 is 9.53 Å². The molecular formula is C31H34N6O2S2. The van der Waals surface area contributed by atoms with E-state index in [0.29, 0.717) is 12.6 Å². The van der Waals surface area contributed by atoms with Crippen molar-refractivity contribution in [1.82, 2.24) is 30.2 Å². The zero-order valence-electron chi connectivity index (χ0n) is 23.5. The predicted molar refractivity (Wildman–Crippen MR) is 161 cm³/mol. The Kier molecular flexibility index (Phi) is 6.87. The molecule has 2 fully saturated rings. The van der Waals surface area contributed by atoms with Crippen LogP contribution in [0.15, 0.2) is 68.4 Å². The van der Waals surface area contributed by atoms with Gasteiger partial charge in [-0.25, -0.2) is 14.8 Å². The van der Waals surface area contributed by atoms with Crippen molar-refractivity contribution in [3.05, 3.63) is 60.4 Å². The van der Waals surface area contributed by atoms with Gasteiger partial charge in [-0.2, -0.15) is 0 Å². The van der Waals surface area contributed by atoms with Gasteiger partial charge in [0, 0.05) is 37.3 Å². The van der Waals surface area contributed by atoms with E-state index in [0.717, 1.165) is 60.0 Å². The van der Waals surface area contributed by atoms with Gasteiger partial charge in [0.1, 0.15) is 17.2 Å². The van der Waals surface area contributed by atoms with Crippen LogP contribution in [0.2, 0.25) is 0 Å². The van der Waals surface area contributed by atoms with Gasteiger partial charge >= 0.3 is 6.09 Å². The molecule has 2 saturated heterocycles. The van der Waals surface area contributed by atoms with Crippen molar-refractivity contribution in [2.45, 2.75) is 83.7 Å². The highest BCUT2D eigenvalue weighted by Gasteiger charge is 2.35. The summed E-state index contributed by atoms with van der Waals surface area (Å²) in [5, 5.41) is 3.52. The molecule has 3 aliphatic rings. The number of H-pyrrole nitrogens is 2. The Morgan fingerprint density at radius 3 is 2.12 bits per heavy atom. The van der Waals surface area contributed by atoms with Gasteiger partial charge in [-0.15, -0.1) is 0 Å². The number of hydrogen-bond acceptors (Lipinski definition) is 7. The van der Waals surface area contributed by atoms with Crippen LogP contribution in [0.5, 0.6) is 0 Å². The van der Waals surface area contributed by atoms with Gasteiger partial charge in [0.25, 0.3) is 0 Å². The van der Waals surface area contributed by atoms with E-state index < -0.39 is 5.60 Å². The number of imidazole rings is 2. The Hall–Kier alpha value is -3.21. The van der Waals surface area contributed by atoms with Gasteiger partial charge in [0.05, 0.1) is 35.9 Å². The first-order chi connectivity index (χ1) is 19.8. The van der Waals surface area contributed by atoms with Gasteiger partial charge in [-0.1, -0.05) is 35.7 Å². The van der Waals surface area contributed by atoms with Crippen molar-refractivity contribution in [3.8, 4) is 22.5 Å². The van der Waals surface area contributed by atoms with Crippen LogP contribution in [0.4, 0.5) is 4.79 Å². The molecular weight excluding hydrogens is 553 g/mol. The number of carbonyl (C=O) groups excluding carboxylic acids is 1. The number of rotatable bonds is 4. The second-order valence-electron chi connectivity index (χ2n) is 11.9. The molecule has 5 heterocycles. The van der Waals surface area contributed by atoms with Gasteiger partial charge in [-0.05, 0) is 77.3 Å². The molecule has 0 saturated carbocycles. The highest BCUT2D eigenvalue weighted by atomic mass is 32.2. The molecule has 0 radical (unpaired) electrons. The van der Waals surface area contributed by atoms with Gasteiger partial charge in [0.2, 0.25) is 0 Å². The Morgan fingerprint density at radius 1 is 0.878 bits per heavy atom. The predicted octanol–water partition coefficient (Wildman–Crippen LogP) is 7.58. The van der Waals surface area contributed by atoms with Crippen molar-refractivity contribution in [1.29, 1.82) is 0 Å². The SMILES string of the molecule is CC(C)(C)OC(=O)N1CCC[C@H]1c1ncc(-c2ccc3c(c2)Sc2ccc(-c4cnc([C@@H]5CCCN5)[nH]4)cc2S3)[nH]1. The summed E-state index contributed by atoms with van der Waals surface area (Å²) >= 11 is 3.61. The molecule has 2 aromatic carbocycles. The molecule has 0 bridgehead atoms. The highest BCUT2D eigenvalue weighted by Crippen LogP contribution is 2.50. The van der Waals surface area contributed by atoms with Crippen LogP contribution >= 0.6 is 23.5 Å². The fourth-order valence-corrected chi connectivity index (χ4v) is 8.01. The number of aromatic amines is 2. The lowest BCUT2D eigenvalue weighted by atomic mass is 10.1. The number of nitrogens with zero attached hydrogens (tertiary/aromatic N) is 3. The van der Waals surface area contributed by atoms with Gasteiger partial charge in [-0.3, -0.25) is 4.90 Å². The number of nitrogens with one attached hydrogen (secondary N) is 3. The molecule has 3 aliphatic heterocycles. The lowest BCUT2D eigenvalue weighted by Gasteiger charge is -2.27. The second-order valence-corrected chi connectivity index (χ2v) is 14.0. The zero-order valence-corrected chi connectivity index (χ0v) is 25.1. The van der Waals surface area contributed by atoms with Crippen molar-refractivity contribution in [2.75, 3.05) is 13.1 Å². The number of aromatic nitrogens is 4. The topological polar surface area (TPSA) is 98.9 Å².